The Labute approximate surface area is 489 Å². The second-order valence-electron chi connectivity index (χ2n) is 23.0. The molecule has 0 unspecified atom stereocenters. The van der Waals surface area contributed by atoms with E-state index in [0.29, 0.717) is 0 Å². The number of hydrogen-bond donors (Lipinski definition) is 0. The fourth-order valence-electron chi connectivity index (χ4n) is 13.8. The SMILES string of the molecule is O=P([O-])([O-])[O-].c1ccc2c(c1)nnn2O[P+](N1CCCC1)(N1CCCC1)N1CCCC1.c1ccc2c(c1)nnn2O[P+](N1CCCC1)(N1CCCC1)N1CCCC1.c1ccc2c(c1)nnn2O[P+](N1CCCC1)(N1CCCC1)N1CCCC1. The monoisotopic (exact) mass is 1220 g/mol. The Kier molecular flexibility index (Phi) is 19.5. The molecule has 9 aliphatic heterocycles. The lowest BCUT2D eigenvalue weighted by atomic mass is 10.3. The van der Waals surface area contributed by atoms with Gasteiger partial charge in [0.1, 0.15) is 33.1 Å². The van der Waals surface area contributed by atoms with Crippen molar-refractivity contribution in [2.24, 2.45) is 0 Å². The van der Waals surface area contributed by atoms with Crippen molar-refractivity contribution in [1.29, 1.82) is 0 Å². The Bertz CT molecular complexity index is 2610. The molecule has 0 bridgehead atoms. The van der Waals surface area contributed by atoms with Crippen molar-refractivity contribution in [3.63, 3.8) is 0 Å². The lowest BCUT2D eigenvalue weighted by Crippen LogP contribution is -2.47. The Balaban J connectivity index is 0.000000118. The molecule has 29 heteroatoms. The Morgan fingerprint density at radius 3 is 0.627 bits per heavy atom. The van der Waals surface area contributed by atoms with E-state index >= 15 is 0 Å². The number of hydrogen-bond acceptors (Lipinski definition) is 22. The predicted octanol–water partition coefficient (Wildman–Crippen LogP) is 5.65. The first kappa shape index (κ1) is 59.6. The zero-order chi connectivity index (χ0) is 56.7. The normalized spacial score (nSPS) is 22.7. The van der Waals surface area contributed by atoms with Crippen molar-refractivity contribution in [3.8, 4) is 0 Å². The third kappa shape index (κ3) is 12.9. The maximum Gasteiger partial charge on any atom is 0.451 e. The van der Waals surface area contributed by atoms with Gasteiger partial charge in [-0.15, -0.1) is 57.3 Å². The van der Waals surface area contributed by atoms with Gasteiger partial charge < -0.3 is 19.2 Å². The van der Waals surface area contributed by atoms with Gasteiger partial charge in [-0.25, -0.2) is 0 Å². The molecule has 9 aliphatic rings. The van der Waals surface area contributed by atoms with Gasteiger partial charge in [0, 0.05) is 118 Å². The second kappa shape index (κ2) is 27.1. The summed E-state index contributed by atoms with van der Waals surface area (Å²) in [5.41, 5.74) is 5.60. The number of para-hydroxylation sites is 3. The highest BCUT2D eigenvalue weighted by atomic mass is 31.2. The van der Waals surface area contributed by atoms with E-state index in [0.717, 1.165) is 151 Å². The van der Waals surface area contributed by atoms with E-state index in [2.05, 4.69) is 91.2 Å². The molecule has 452 valence electrons. The minimum Gasteiger partial charge on any atom is -0.822 e. The van der Waals surface area contributed by atoms with E-state index in [-0.39, 0.29) is 0 Å². The van der Waals surface area contributed by atoms with Gasteiger partial charge in [0.15, 0.2) is 0 Å². The Morgan fingerprint density at radius 1 is 0.301 bits per heavy atom. The number of nitrogens with zero attached hydrogens (tertiary/aromatic N) is 18. The smallest absolute Gasteiger partial charge is 0.451 e. The van der Waals surface area contributed by atoms with Gasteiger partial charge in [0.25, 0.3) is 0 Å². The Morgan fingerprint density at radius 2 is 0.458 bits per heavy atom. The third-order valence-corrected chi connectivity index (χ3v) is 28.9. The first-order valence-corrected chi connectivity index (χ1v) is 37.0. The summed E-state index contributed by atoms with van der Waals surface area (Å²) in [5, 5.41) is 26.2. The lowest BCUT2D eigenvalue weighted by Gasteiger charge is -2.39. The van der Waals surface area contributed by atoms with E-state index in [1.165, 1.54) is 116 Å². The van der Waals surface area contributed by atoms with Gasteiger partial charge >= 0.3 is 23.8 Å². The average Bonchev–Trinajstić information content (AvgIpc) is 3.40. The molecule has 12 heterocycles. The molecule has 83 heavy (non-hydrogen) atoms. The molecule has 0 radical (unpaired) electrons. The molecule has 25 nitrogen and oxygen atoms in total. The lowest BCUT2D eigenvalue weighted by molar-refractivity contribution is -0.432. The zero-order valence-corrected chi connectivity index (χ0v) is 51.7. The van der Waals surface area contributed by atoms with Crippen LogP contribution in [0.3, 0.4) is 0 Å². The van der Waals surface area contributed by atoms with Crippen molar-refractivity contribution >= 4 is 64.7 Å². The van der Waals surface area contributed by atoms with Crippen LogP contribution in [0.5, 0.6) is 0 Å². The van der Waals surface area contributed by atoms with Crippen LogP contribution in [0, 0.1) is 0 Å². The number of aromatic nitrogens is 9. The average molecular weight is 1220 g/mol. The van der Waals surface area contributed by atoms with E-state index in [9.17, 15) is 0 Å². The fourth-order valence-corrected chi connectivity index (χ4v) is 26.1. The topological polar surface area (TPSA) is 235 Å². The molecule has 0 spiro atoms. The summed E-state index contributed by atoms with van der Waals surface area (Å²) in [6, 6.07) is 24.3. The summed E-state index contributed by atoms with van der Waals surface area (Å²) >= 11 is 0. The molecule has 9 saturated heterocycles. The van der Waals surface area contributed by atoms with E-state index in [1.54, 1.807) is 14.5 Å². The van der Waals surface area contributed by atoms with E-state index in [4.69, 9.17) is 33.1 Å². The number of phosphoric acid groups is 1. The van der Waals surface area contributed by atoms with Crippen molar-refractivity contribution in [2.45, 2.75) is 116 Å². The van der Waals surface area contributed by atoms with E-state index in [1.807, 2.05) is 54.6 Å². The molecule has 3 aromatic heterocycles. The minimum atomic E-state index is -5.39. The highest BCUT2D eigenvalue weighted by molar-refractivity contribution is 7.65. The summed E-state index contributed by atoms with van der Waals surface area (Å²) < 4.78 is 53.2. The van der Waals surface area contributed by atoms with Crippen LogP contribution in [-0.4, -0.2) is 205 Å². The molecule has 0 N–H and O–H groups in total. The zero-order valence-electron chi connectivity index (χ0n) is 48.1. The number of benzene rings is 3. The van der Waals surface area contributed by atoms with Crippen molar-refractivity contribution in [2.75, 3.05) is 118 Å². The van der Waals surface area contributed by atoms with Gasteiger partial charge in [0.2, 0.25) is 0 Å². The largest absolute Gasteiger partial charge is 0.822 e. The summed E-state index contributed by atoms with van der Waals surface area (Å²) in [7, 11) is -11.6. The molecule has 0 saturated carbocycles. The molecule has 15 rings (SSSR count). The van der Waals surface area contributed by atoms with Gasteiger partial charge in [-0.1, -0.05) is 36.4 Å². The van der Waals surface area contributed by atoms with Crippen LogP contribution in [0.2, 0.25) is 0 Å². The number of fused-ring (bicyclic) bond motifs is 3. The van der Waals surface area contributed by atoms with Crippen LogP contribution in [0.1, 0.15) is 116 Å². The van der Waals surface area contributed by atoms with Crippen LogP contribution in [0.25, 0.3) is 33.1 Å². The van der Waals surface area contributed by atoms with Crippen LogP contribution in [-0.2, 0) is 4.57 Å². The second-order valence-corrected chi connectivity index (χ2v) is 32.6. The summed E-state index contributed by atoms with van der Waals surface area (Å²) in [6.45, 7) is 20.4. The minimum absolute atomic E-state index is 0.898. The standard InChI is InChI=1S/3C18H28N6OP.H3O4P/c3*1-2-10-18-17(9-1)19-20-24(18)25-26(21-11-3-4-12-21,22-13-5-6-14-22)23-15-7-8-16-23;1-5(2,3)4/h3*1-2,9-10H,3-8,11-16H2;(H3,1,2,3,4)/q3*+1;/p-3. The highest BCUT2D eigenvalue weighted by Crippen LogP contribution is 2.71. The summed E-state index contributed by atoms with van der Waals surface area (Å²) in [4.78, 5) is 30.8. The third-order valence-electron chi connectivity index (χ3n) is 17.6. The maximum absolute atomic E-state index is 8.55. The van der Waals surface area contributed by atoms with Gasteiger partial charge in [-0.05, 0) is 182 Å². The van der Waals surface area contributed by atoms with Gasteiger partial charge in [-0.2, -0.15) is 21.7 Å². The van der Waals surface area contributed by atoms with E-state index < -0.39 is 31.6 Å². The summed E-state index contributed by atoms with van der Waals surface area (Å²) in [5.74, 6) is 0. The van der Waals surface area contributed by atoms with Crippen LogP contribution in [0.15, 0.2) is 72.8 Å². The van der Waals surface area contributed by atoms with Crippen molar-refractivity contribution in [1.82, 2.24) is 87.5 Å². The molecule has 0 atom stereocenters. The van der Waals surface area contributed by atoms with Crippen LogP contribution in [0.4, 0.5) is 0 Å². The summed E-state index contributed by atoms with van der Waals surface area (Å²) in [6.07, 6.45) is 22.8. The Hall–Kier alpha value is -3.70. The van der Waals surface area contributed by atoms with Crippen molar-refractivity contribution in [3.05, 3.63) is 72.8 Å². The first-order valence-electron chi connectivity index (χ1n) is 30.8. The molecular weight excluding hydrogens is 1140 g/mol. The molecule has 9 fully saturated rings. The molecule has 0 aliphatic carbocycles. The molecule has 3 aromatic carbocycles. The van der Waals surface area contributed by atoms with Crippen LogP contribution < -0.4 is 28.6 Å². The molecule has 0 amide bonds. The number of rotatable bonds is 15. The molecular formula is C54H84N18O7P4. The van der Waals surface area contributed by atoms with Gasteiger partial charge in [-0.3, -0.25) is 0 Å². The van der Waals surface area contributed by atoms with Crippen LogP contribution >= 0.6 is 31.6 Å². The molecule has 6 aromatic rings. The maximum atomic E-state index is 8.55. The fraction of sp³-hybridized carbons (Fsp3) is 0.667. The van der Waals surface area contributed by atoms with Crippen molar-refractivity contribution < 1.29 is 33.1 Å². The van der Waals surface area contributed by atoms with Gasteiger partial charge in [0.05, 0.1) is 0 Å². The predicted molar refractivity (Wildman–Crippen MR) is 318 cm³/mol. The highest BCUT2D eigenvalue weighted by Gasteiger charge is 2.66. The quantitative estimate of drug-likeness (QED) is 0.113. The first-order chi connectivity index (χ1) is 40.6.